The Morgan fingerprint density at radius 3 is 2.33 bits per heavy atom. The first kappa shape index (κ1) is 17.8. The van der Waals surface area contributed by atoms with E-state index in [-0.39, 0.29) is 6.04 Å². The van der Waals surface area contributed by atoms with Crippen LogP contribution in [0, 0.1) is 0 Å². The van der Waals surface area contributed by atoms with E-state index < -0.39 is 0 Å². The van der Waals surface area contributed by atoms with Gasteiger partial charge in [0.2, 0.25) is 0 Å². The monoisotopic (exact) mass is 263 g/mol. The second-order valence-electron chi connectivity index (χ2n) is 4.14. The molecule has 0 fully saturated rings. The summed E-state index contributed by atoms with van der Waals surface area (Å²) in [5.74, 6) is 0. The molecule has 0 rings (SSSR count). The maximum Gasteiger partial charge on any atom is 0.0700 e. The van der Waals surface area contributed by atoms with Crippen molar-refractivity contribution in [1.29, 1.82) is 0 Å². The molecule has 0 saturated carbocycles. The molecule has 1 N–H and O–H groups in total. The molecule has 18 heavy (non-hydrogen) atoms. The molecule has 0 spiro atoms. The summed E-state index contributed by atoms with van der Waals surface area (Å²) in [5, 5.41) is 3.39. The molecule has 0 aromatic carbocycles. The summed E-state index contributed by atoms with van der Waals surface area (Å²) in [5.41, 5.74) is 0. The summed E-state index contributed by atoms with van der Waals surface area (Å²) >= 11 is 0. The van der Waals surface area contributed by atoms with Gasteiger partial charge in [0.25, 0.3) is 0 Å². The van der Waals surface area contributed by atoms with E-state index in [0.717, 1.165) is 32.6 Å². The van der Waals surface area contributed by atoms with Crippen LogP contribution in [0.5, 0.6) is 0 Å². The van der Waals surface area contributed by atoms with Crippen molar-refractivity contribution in [3.05, 3.63) is 0 Å². The van der Waals surface area contributed by atoms with Crippen LogP contribution in [-0.2, 0) is 18.9 Å². The summed E-state index contributed by atoms with van der Waals surface area (Å²) in [6.45, 7) is 7.27. The van der Waals surface area contributed by atoms with Crippen LogP contribution < -0.4 is 5.32 Å². The van der Waals surface area contributed by atoms with Crippen LogP contribution in [0.2, 0.25) is 0 Å². The van der Waals surface area contributed by atoms with E-state index in [2.05, 4.69) is 12.2 Å². The predicted molar refractivity (Wildman–Crippen MR) is 72.1 cm³/mol. The molecule has 5 nitrogen and oxygen atoms in total. The van der Waals surface area contributed by atoms with E-state index in [9.17, 15) is 0 Å². The van der Waals surface area contributed by atoms with E-state index in [0.29, 0.717) is 26.4 Å². The topological polar surface area (TPSA) is 49.0 Å². The van der Waals surface area contributed by atoms with Crippen molar-refractivity contribution >= 4 is 0 Å². The first-order valence-electron chi connectivity index (χ1n) is 6.71. The van der Waals surface area contributed by atoms with Crippen molar-refractivity contribution < 1.29 is 18.9 Å². The summed E-state index contributed by atoms with van der Waals surface area (Å²) < 4.78 is 21.0. The van der Waals surface area contributed by atoms with E-state index in [4.69, 9.17) is 18.9 Å². The molecule has 0 aliphatic carbocycles. The number of ether oxygens (including phenoxy) is 4. The molecule has 0 aromatic rings. The minimum absolute atomic E-state index is 0.282. The first-order valence-corrected chi connectivity index (χ1v) is 6.71. The Labute approximate surface area is 111 Å². The molecular weight excluding hydrogens is 234 g/mol. The normalized spacial score (nSPS) is 12.8. The number of hydrogen-bond donors (Lipinski definition) is 1. The molecule has 1 unspecified atom stereocenters. The summed E-state index contributed by atoms with van der Waals surface area (Å²) in [6, 6.07) is 0.282. The molecule has 0 aliphatic heterocycles. The minimum atomic E-state index is 0.282. The molecule has 0 aromatic heterocycles. The fourth-order valence-corrected chi connectivity index (χ4v) is 1.45. The molecule has 0 heterocycles. The maximum atomic E-state index is 5.60. The largest absolute Gasteiger partial charge is 0.383 e. The predicted octanol–water partition coefficient (Wildman–Crippen LogP) is 1.07. The third kappa shape index (κ3) is 12.3. The molecule has 0 saturated heterocycles. The highest BCUT2D eigenvalue weighted by Gasteiger charge is 2.06. The molecule has 0 aliphatic rings. The quantitative estimate of drug-likeness (QED) is 0.475. The van der Waals surface area contributed by atoms with Crippen LogP contribution >= 0.6 is 0 Å². The van der Waals surface area contributed by atoms with Gasteiger partial charge >= 0.3 is 0 Å². The van der Waals surface area contributed by atoms with Gasteiger partial charge in [-0.3, -0.25) is 0 Å². The third-order valence-electron chi connectivity index (χ3n) is 2.38. The molecule has 0 amide bonds. The number of nitrogens with one attached hydrogen (secondary N) is 1. The second kappa shape index (κ2) is 14.9. The minimum Gasteiger partial charge on any atom is -0.383 e. The summed E-state index contributed by atoms with van der Waals surface area (Å²) in [4.78, 5) is 0. The lowest BCUT2D eigenvalue weighted by Crippen LogP contribution is -2.38. The average Bonchev–Trinajstić information content (AvgIpc) is 2.39. The average molecular weight is 263 g/mol. The smallest absolute Gasteiger partial charge is 0.0700 e. The molecule has 5 heteroatoms. The van der Waals surface area contributed by atoms with E-state index in [1.807, 2.05) is 0 Å². The number of methoxy groups -OCH3 is 2. The van der Waals surface area contributed by atoms with Gasteiger partial charge in [-0.2, -0.15) is 0 Å². The van der Waals surface area contributed by atoms with Crippen molar-refractivity contribution in [2.45, 2.75) is 25.8 Å². The van der Waals surface area contributed by atoms with Gasteiger partial charge in [-0.1, -0.05) is 6.92 Å². The van der Waals surface area contributed by atoms with Crippen LogP contribution in [0.1, 0.15) is 19.8 Å². The zero-order valence-corrected chi connectivity index (χ0v) is 12.1. The molecule has 1 atom stereocenters. The molecular formula is C13H29NO4. The maximum absolute atomic E-state index is 5.60. The molecule has 0 bridgehead atoms. The lowest BCUT2D eigenvalue weighted by molar-refractivity contribution is 0.0398. The van der Waals surface area contributed by atoms with Crippen molar-refractivity contribution in [1.82, 2.24) is 5.32 Å². The Balaban J connectivity index is 3.31. The lowest BCUT2D eigenvalue weighted by atomic mass is 10.3. The fourth-order valence-electron chi connectivity index (χ4n) is 1.45. The highest BCUT2D eigenvalue weighted by Crippen LogP contribution is 1.91. The Hall–Kier alpha value is -0.200. The molecule has 0 radical (unpaired) electrons. The summed E-state index contributed by atoms with van der Waals surface area (Å²) in [6.07, 6.45) is 2.03. The molecule has 110 valence electrons. The zero-order valence-electron chi connectivity index (χ0n) is 12.1. The second-order valence-corrected chi connectivity index (χ2v) is 4.14. The Morgan fingerprint density at radius 2 is 1.67 bits per heavy atom. The van der Waals surface area contributed by atoms with Crippen molar-refractivity contribution in [2.75, 3.05) is 60.4 Å². The van der Waals surface area contributed by atoms with Gasteiger partial charge in [-0.15, -0.1) is 0 Å². The lowest BCUT2D eigenvalue weighted by Gasteiger charge is -2.17. The van der Waals surface area contributed by atoms with E-state index >= 15 is 0 Å². The van der Waals surface area contributed by atoms with Crippen molar-refractivity contribution in [2.24, 2.45) is 0 Å². The van der Waals surface area contributed by atoms with Gasteiger partial charge in [0.1, 0.15) is 0 Å². The van der Waals surface area contributed by atoms with Crippen LogP contribution in [0.25, 0.3) is 0 Å². The Kier molecular flexibility index (Phi) is 14.7. The van der Waals surface area contributed by atoms with E-state index in [1.54, 1.807) is 14.2 Å². The van der Waals surface area contributed by atoms with Crippen LogP contribution in [0.3, 0.4) is 0 Å². The standard InChI is InChI=1S/C13H29NO4/c1-4-6-14-13(11-16-3)12-18-8-5-7-17-10-9-15-2/h13-14H,4-12H2,1-3H3. The SMILES string of the molecule is CCCNC(COC)COCCCOCCOC. The van der Waals surface area contributed by atoms with Crippen molar-refractivity contribution in [3.63, 3.8) is 0 Å². The number of rotatable bonds is 14. The highest BCUT2D eigenvalue weighted by molar-refractivity contribution is 4.64. The number of hydrogen-bond acceptors (Lipinski definition) is 5. The fraction of sp³-hybridized carbons (Fsp3) is 1.00. The van der Waals surface area contributed by atoms with Crippen LogP contribution in [-0.4, -0.2) is 66.4 Å². The van der Waals surface area contributed by atoms with Gasteiger partial charge < -0.3 is 24.3 Å². The van der Waals surface area contributed by atoms with Gasteiger partial charge in [-0.25, -0.2) is 0 Å². The van der Waals surface area contributed by atoms with Crippen LogP contribution in [0.4, 0.5) is 0 Å². The third-order valence-corrected chi connectivity index (χ3v) is 2.38. The van der Waals surface area contributed by atoms with Gasteiger partial charge in [0, 0.05) is 27.4 Å². The Bertz CT molecular complexity index is 158. The van der Waals surface area contributed by atoms with Gasteiger partial charge in [-0.05, 0) is 19.4 Å². The first-order chi connectivity index (χ1) is 8.85. The zero-order chi connectivity index (χ0) is 13.5. The Morgan fingerprint density at radius 1 is 0.889 bits per heavy atom. The summed E-state index contributed by atoms with van der Waals surface area (Å²) in [7, 11) is 3.38. The van der Waals surface area contributed by atoms with Crippen LogP contribution in [0.15, 0.2) is 0 Å². The van der Waals surface area contributed by atoms with Crippen molar-refractivity contribution in [3.8, 4) is 0 Å². The highest BCUT2D eigenvalue weighted by atomic mass is 16.5. The van der Waals surface area contributed by atoms with Gasteiger partial charge in [0.15, 0.2) is 0 Å². The van der Waals surface area contributed by atoms with Gasteiger partial charge in [0.05, 0.1) is 32.5 Å². The van der Waals surface area contributed by atoms with E-state index in [1.165, 1.54) is 0 Å².